The Labute approximate surface area is 201 Å². The summed E-state index contributed by atoms with van der Waals surface area (Å²) in [5, 5.41) is -0.0582. The summed E-state index contributed by atoms with van der Waals surface area (Å²) < 4.78 is 43.5. The molecule has 0 N–H and O–H groups in total. The first-order chi connectivity index (χ1) is 15.9. The highest BCUT2D eigenvalue weighted by molar-refractivity contribution is 6.30. The van der Waals surface area contributed by atoms with E-state index >= 15 is 0 Å². The lowest BCUT2D eigenvalue weighted by Gasteiger charge is -2.32. The van der Waals surface area contributed by atoms with E-state index in [2.05, 4.69) is 6.92 Å². The number of hydrogen-bond acceptors (Lipinski definition) is 0. The highest BCUT2D eigenvalue weighted by Gasteiger charge is 2.26. The van der Waals surface area contributed by atoms with Crippen molar-refractivity contribution in [1.82, 2.24) is 0 Å². The highest BCUT2D eigenvalue weighted by atomic mass is 35.5. The van der Waals surface area contributed by atoms with Gasteiger partial charge in [0.2, 0.25) is 0 Å². The second-order valence-electron chi connectivity index (χ2n) is 10.5. The van der Waals surface area contributed by atoms with Crippen molar-refractivity contribution in [2.75, 3.05) is 0 Å². The summed E-state index contributed by atoms with van der Waals surface area (Å²) in [5.41, 5.74) is 0.721. The first-order valence-corrected chi connectivity index (χ1v) is 13.3. The Morgan fingerprint density at radius 2 is 1.21 bits per heavy atom. The molecule has 2 aliphatic carbocycles. The first kappa shape index (κ1) is 24.6. The van der Waals surface area contributed by atoms with Crippen LogP contribution in [0.25, 0.3) is 11.1 Å². The Morgan fingerprint density at radius 1 is 0.697 bits per heavy atom. The van der Waals surface area contributed by atoms with Crippen LogP contribution in [0.3, 0.4) is 0 Å². The maximum absolute atomic E-state index is 14.9. The van der Waals surface area contributed by atoms with Crippen molar-refractivity contribution < 1.29 is 13.2 Å². The van der Waals surface area contributed by atoms with Crippen LogP contribution in [-0.2, 0) is 0 Å². The van der Waals surface area contributed by atoms with Crippen LogP contribution in [-0.4, -0.2) is 0 Å². The van der Waals surface area contributed by atoms with E-state index in [9.17, 15) is 13.2 Å². The van der Waals surface area contributed by atoms with Crippen molar-refractivity contribution in [3.8, 4) is 11.1 Å². The smallest absolute Gasteiger partial charge is 0.142 e. The number of benzene rings is 2. The van der Waals surface area contributed by atoms with Crippen LogP contribution >= 0.6 is 11.6 Å². The molecule has 4 rings (SSSR count). The maximum atomic E-state index is 14.9. The maximum Gasteiger partial charge on any atom is 0.142 e. The molecular weight excluding hydrogens is 441 g/mol. The zero-order chi connectivity index (χ0) is 23.4. The van der Waals surface area contributed by atoms with Gasteiger partial charge in [0.05, 0.1) is 10.6 Å². The van der Waals surface area contributed by atoms with Gasteiger partial charge < -0.3 is 0 Å². The third-order valence-corrected chi connectivity index (χ3v) is 8.54. The Balaban J connectivity index is 1.30. The Morgan fingerprint density at radius 3 is 1.73 bits per heavy atom. The normalized spacial score (nSPS) is 25.8. The highest BCUT2D eigenvalue weighted by Crippen LogP contribution is 2.41. The number of halogens is 4. The summed E-state index contributed by atoms with van der Waals surface area (Å²) >= 11 is 5.71. The fourth-order valence-corrected chi connectivity index (χ4v) is 6.35. The number of hydrogen-bond donors (Lipinski definition) is 0. The molecule has 0 atom stereocenters. The van der Waals surface area contributed by atoms with Crippen molar-refractivity contribution in [3.63, 3.8) is 0 Å². The summed E-state index contributed by atoms with van der Waals surface area (Å²) in [6.45, 7) is 2.29. The van der Waals surface area contributed by atoms with Crippen LogP contribution in [0.5, 0.6) is 0 Å². The zero-order valence-electron chi connectivity index (χ0n) is 19.7. The van der Waals surface area contributed by atoms with Gasteiger partial charge in [0.25, 0.3) is 0 Å². The minimum absolute atomic E-state index is 0.0582. The first-order valence-electron chi connectivity index (χ1n) is 12.9. The molecule has 0 aliphatic heterocycles. The molecule has 0 bridgehead atoms. The van der Waals surface area contributed by atoms with Crippen LogP contribution < -0.4 is 0 Å². The van der Waals surface area contributed by atoms with Crippen molar-refractivity contribution in [3.05, 3.63) is 58.4 Å². The van der Waals surface area contributed by atoms with Gasteiger partial charge in [-0.2, -0.15) is 0 Å². The molecule has 0 aromatic heterocycles. The minimum atomic E-state index is -0.677. The average molecular weight is 477 g/mol. The van der Waals surface area contributed by atoms with E-state index in [0.717, 1.165) is 55.1 Å². The third kappa shape index (κ3) is 6.15. The van der Waals surface area contributed by atoms with Crippen LogP contribution in [0.4, 0.5) is 13.2 Å². The molecule has 4 heteroatoms. The molecule has 2 aromatic rings. The van der Waals surface area contributed by atoms with Crippen LogP contribution in [0.15, 0.2) is 30.3 Å². The van der Waals surface area contributed by atoms with E-state index in [4.69, 9.17) is 11.6 Å². The molecule has 0 unspecified atom stereocenters. The molecule has 2 fully saturated rings. The average Bonchev–Trinajstić information content (AvgIpc) is 2.81. The van der Waals surface area contributed by atoms with Crippen molar-refractivity contribution in [1.29, 1.82) is 0 Å². The summed E-state index contributed by atoms with van der Waals surface area (Å²) in [5.74, 6) is 0.882. The lowest BCUT2D eigenvalue weighted by atomic mass is 9.74. The predicted molar refractivity (Wildman–Crippen MR) is 131 cm³/mol. The fraction of sp³-hybridized carbons (Fsp3) is 0.586. The van der Waals surface area contributed by atoms with Crippen molar-refractivity contribution >= 4 is 11.6 Å². The van der Waals surface area contributed by atoms with Gasteiger partial charge in [-0.3, -0.25) is 0 Å². The lowest BCUT2D eigenvalue weighted by Crippen LogP contribution is -2.18. The molecule has 33 heavy (non-hydrogen) atoms. The van der Waals surface area contributed by atoms with Gasteiger partial charge in [0, 0.05) is 0 Å². The van der Waals surface area contributed by atoms with Crippen LogP contribution in [0.2, 0.25) is 5.02 Å². The molecule has 0 saturated heterocycles. The standard InChI is InChI=1S/C29H36ClF3/c1-2-3-19-4-6-20(7-5-19)8-9-21-10-12-22(13-11-21)24-17-27(32)29(28(33)18-24)23-14-15-25(30)26(31)16-23/h14-22H,2-13H2,1H3/t19-,20-,21-,22-. The van der Waals surface area contributed by atoms with E-state index in [1.165, 1.54) is 75.6 Å². The van der Waals surface area contributed by atoms with Gasteiger partial charge in [-0.1, -0.05) is 76.0 Å². The molecule has 2 aromatic carbocycles. The Bertz CT molecular complexity index is 901. The summed E-state index contributed by atoms with van der Waals surface area (Å²) in [7, 11) is 0. The van der Waals surface area contributed by atoms with Crippen LogP contribution in [0.1, 0.15) is 95.5 Å². The Kier molecular flexibility index (Phi) is 8.43. The molecule has 2 aliphatic rings. The molecular formula is C29H36ClF3. The van der Waals surface area contributed by atoms with Crippen molar-refractivity contribution in [2.45, 2.75) is 89.9 Å². The molecule has 180 valence electrons. The monoisotopic (exact) mass is 476 g/mol. The fourth-order valence-electron chi connectivity index (χ4n) is 6.23. The minimum Gasteiger partial charge on any atom is -0.206 e. The van der Waals surface area contributed by atoms with Gasteiger partial charge in [-0.05, 0) is 84.7 Å². The second kappa shape index (κ2) is 11.3. The largest absolute Gasteiger partial charge is 0.206 e. The van der Waals surface area contributed by atoms with E-state index < -0.39 is 17.5 Å². The molecule has 0 spiro atoms. The lowest BCUT2D eigenvalue weighted by molar-refractivity contribution is 0.224. The van der Waals surface area contributed by atoms with Crippen molar-refractivity contribution in [2.24, 2.45) is 17.8 Å². The molecule has 0 amide bonds. The van der Waals surface area contributed by atoms with E-state index in [0.29, 0.717) is 0 Å². The van der Waals surface area contributed by atoms with Gasteiger partial charge in [-0.15, -0.1) is 0 Å². The van der Waals surface area contributed by atoms with E-state index in [1.54, 1.807) is 0 Å². The quantitative estimate of drug-likeness (QED) is 0.372. The van der Waals surface area contributed by atoms with Crippen LogP contribution in [0, 0.1) is 35.2 Å². The third-order valence-electron chi connectivity index (χ3n) is 8.24. The molecule has 0 nitrogen and oxygen atoms in total. The van der Waals surface area contributed by atoms with Gasteiger partial charge in [0.15, 0.2) is 0 Å². The van der Waals surface area contributed by atoms with Gasteiger partial charge in [0.1, 0.15) is 17.5 Å². The second-order valence-corrected chi connectivity index (χ2v) is 10.9. The topological polar surface area (TPSA) is 0 Å². The molecule has 2 saturated carbocycles. The summed E-state index contributed by atoms with van der Waals surface area (Å²) in [6, 6.07) is 6.77. The Hall–Kier alpha value is -1.48. The number of rotatable bonds is 7. The molecule has 0 radical (unpaired) electrons. The van der Waals surface area contributed by atoms with Gasteiger partial charge in [-0.25, -0.2) is 13.2 Å². The van der Waals surface area contributed by atoms with Gasteiger partial charge >= 0.3 is 0 Å². The van der Waals surface area contributed by atoms with E-state index in [1.807, 2.05) is 0 Å². The summed E-state index contributed by atoms with van der Waals surface area (Å²) in [4.78, 5) is 0. The summed E-state index contributed by atoms with van der Waals surface area (Å²) in [6.07, 6.45) is 15.3. The molecule has 0 heterocycles. The predicted octanol–water partition coefficient (Wildman–Crippen LogP) is 10.1. The zero-order valence-corrected chi connectivity index (χ0v) is 20.4. The van der Waals surface area contributed by atoms with E-state index in [-0.39, 0.29) is 22.1 Å². The SMILES string of the molecule is CCC[C@H]1CC[C@H](CC[C@H]2CC[C@H](c3cc(F)c(-c4ccc(Cl)c(F)c4)c(F)c3)CC2)CC1.